The second kappa shape index (κ2) is 6.95. The van der Waals surface area contributed by atoms with E-state index in [9.17, 15) is 18.4 Å². The van der Waals surface area contributed by atoms with Gasteiger partial charge in [0.05, 0.1) is 5.69 Å². The summed E-state index contributed by atoms with van der Waals surface area (Å²) in [6.07, 6.45) is 0. The van der Waals surface area contributed by atoms with Gasteiger partial charge in [-0.1, -0.05) is 0 Å². The number of amides is 1. The maximum Gasteiger partial charge on any atom is 0.336 e. The maximum absolute atomic E-state index is 13.6. The highest BCUT2D eigenvalue weighted by Crippen LogP contribution is 2.28. The van der Waals surface area contributed by atoms with Crippen LogP contribution < -0.4 is 15.7 Å². The van der Waals surface area contributed by atoms with E-state index in [-0.39, 0.29) is 12.3 Å². The van der Waals surface area contributed by atoms with Crippen LogP contribution in [0.5, 0.6) is 5.75 Å². The Morgan fingerprint density at radius 3 is 2.65 bits per heavy atom. The first-order valence-corrected chi connectivity index (χ1v) is 7.77. The molecule has 0 aliphatic heterocycles. The molecule has 0 unspecified atom stereocenters. The van der Waals surface area contributed by atoms with Crippen LogP contribution in [0.4, 0.5) is 14.5 Å². The molecule has 0 radical (unpaired) electrons. The molecule has 0 aliphatic carbocycles. The molecule has 0 atom stereocenters. The number of carbonyl (C=O) groups is 1. The zero-order valence-corrected chi connectivity index (χ0v) is 14.1. The third-order valence-electron chi connectivity index (χ3n) is 3.88. The Morgan fingerprint density at radius 2 is 1.92 bits per heavy atom. The summed E-state index contributed by atoms with van der Waals surface area (Å²) in [5.74, 6) is -1.86. The van der Waals surface area contributed by atoms with E-state index in [1.165, 1.54) is 6.07 Å². The number of ether oxygens (including phenoxy) is 1. The molecule has 3 aromatic rings. The van der Waals surface area contributed by atoms with Crippen molar-refractivity contribution in [2.75, 3.05) is 11.9 Å². The predicted octanol–water partition coefficient (Wildman–Crippen LogP) is 3.71. The normalized spacial score (nSPS) is 10.8. The molecular formula is C19H15F2NO4. The van der Waals surface area contributed by atoms with E-state index in [1.807, 2.05) is 0 Å². The smallest absolute Gasteiger partial charge is 0.336 e. The fourth-order valence-electron chi connectivity index (χ4n) is 2.58. The van der Waals surface area contributed by atoms with Gasteiger partial charge in [-0.05, 0) is 43.7 Å². The van der Waals surface area contributed by atoms with Crippen molar-refractivity contribution in [1.29, 1.82) is 0 Å². The van der Waals surface area contributed by atoms with Gasteiger partial charge in [0.1, 0.15) is 23.0 Å². The van der Waals surface area contributed by atoms with E-state index < -0.39 is 23.2 Å². The Hall–Kier alpha value is -3.22. The molecule has 0 fully saturated rings. The van der Waals surface area contributed by atoms with Gasteiger partial charge in [-0.3, -0.25) is 4.79 Å². The molecule has 26 heavy (non-hydrogen) atoms. The molecule has 134 valence electrons. The monoisotopic (exact) mass is 359 g/mol. The van der Waals surface area contributed by atoms with Gasteiger partial charge in [-0.25, -0.2) is 13.6 Å². The summed E-state index contributed by atoms with van der Waals surface area (Å²) in [4.78, 5) is 23.5. The molecule has 1 heterocycles. The largest absolute Gasteiger partial charge is 0.483 e. The van der Waals surface area contributed by atoms with Crippen LogP contribution in [-0.4, -0.2) is 12.5 Å². The van der Waals surface area contributed by atoms with Crippen molar-refractivity contribution >= 4 is 22.6 Å². The molecule has 2 aromatic carbocycles. The molecule has 0 saturated heterocycles. The number of halogens is 2. The van der Waals surface area contributed by atoms with Crippen LogP contribution in [0.2, 0.25) is 0 Å². The lowest BCUT2D eigenvalue weighted by atomic mass is 10.1. The summed E-state index contributed by atoms with van der Waals surface area (Å²) in [6.45, 7) is 3.11. The average Bonchev–Trinajstić information content (AvgIpc) is 2.57. The lowest BCUT2D eigenvalue weighted by Gasteiger charge is -2.12. The van der Waals surface area contributed by atoms with E-state index >= 15 is 0 Å². The average molecular weight is 359 g/mol. The van der Waals surface area contributed by atoms with Gasteiger partial charge in [-0.15, -0.1) is 0 Å². The maximum atomic E-state index is 13.6. The minimum Gasteiger partial charge on any atom is -0.483 e. The predicted molar refractivity (Wildman–Crippen MR) is 92.4 cm³/mol. The number of hydrogen-bond donors (Lipinski definition) is 1. The molecule has 0 aliphatic rings. The Kier molecular flexibility index (Phi) is 4.71. The van der Waals surface area contributed by atoms with E-state index in [4.69, 9.17) is 9.15 Å². The van der Waals surface area contributed by atoms with Crippen LogP contribution >= 0.6 is 0 Å². The number of rotatable bonds is 4. The fourth-order valence-corrected chi connectivity index (χ4v) is 2.58. The van der Waals surface area contributed by atoms with Crippen LogP contribution in [0.15, 0.2) is 45.6 Å². The Labute approximate surface area is 147 Å². The van der Waals surface area contributed by atoms with Gasteiger partial charge in [0.2, 0.25) is 0 Å². The van der Waals surface area contributed by atoms with Crippen LogP contribution in [0, 0.1) is 25.5 Å². The van der Waals surface area contributed by atoms with E-state index in [2.05, 4.69) is 5.32 Å². The summed E-state index contributed by atoms with van der Waals surface area (Å²) < 4.78 is 37.1. The van der Waals surface area contributed by atoms with Crippen LogP contribution in [0.1, 0.15) is 11.1 Å². The zero-order chi connectivity index (χ0) is 18.8. The Balaban J connectivity index is 1.76. The number of benzene rings is 2. The van der Waals surface area contributed by atoms with Gasteiger partial charge in [0, 0.05) is 23.1 Å². The highest BCUT2D eigenvalue weighted by molar-refractivity contribution is 5.92. The zero-order valence-electron chi connectivity index (χ0n) is 14.1. The van der Waals surface area contributed by atoms with Gasteiger partial charge in [-0.2, -0.15) is 0 Å². The number of aryl methyl sites for hydroxylation is 2. The molecule has 0 bridgehead atoms. The standard InChI is InChI=1S/C19H15F2NO4/c1-10-7-18(24)26-19-11(2)16(6-4-13(10)19)25-9-17(23)22-15-5-3-12(20)8-14(15)21/h3-8H,9H2,1-2H3,(H,22,23). The molecule has 1 amide bonds. The molecule has 1 N–H and O–H groups in total. The summed E-state index contributed by atoms with van der Waals surface area (Å²) in [7, 11) is 0. The first-order valence-electron chi connectivity index (χ1n) is 7.77. The fraction of sp³-hybridized carbons (Fsp3) is 0.158. The minimum atomic E-state index is -0.877. The van der Waals surface area contributed by atoms with Crippen molar-refractivity contribution in [3.8, 4) is 5.75 Å². The van der Waals surface area contributed by atoms with Crippen molar-refractivity contribution in [2.45, 2.75) is 13.8 Å². The molecule has 0 spiro atoms. The second-order valence-electron chi connectivity index (χ2n) is 5.77. The number of carbonyl (C=O) groups excluding carboxylic acids is 1. The van der Waals surface area contributed by atoms with Gasteiger partial charge in [0.25, 0.3) is 5.91 Å². The third kappa shape index (κ3) is 3.56. The molecular weight excluding hydrogens is 344 g/mol. The minimum absolute atomic E-state index is 0.142. The van der Waals surface area contributed by atoms with Crippen LogP contribution in [0.25, 0.3) is 11.0 Å². The highest BCUT2D eigenvalue weighted by atomic mass is 19.1. The lowest BCUT2D eigenvalue weighted by Crippen LogP contribution is -2.21. The van der Waals surface area contributed by atoms with Crippen molar-refractivity contribution in [3.05, 3.63) is 69.6 Å². The third-order valence-corrected chi connectivity index (χ3v) is 3.88. The van der Waals surface area contributed by atoms with E-state index in [0.29, 0.717) is 23.0 Å². The number of hydrogen-bond acceptors (Lipinski definition) is 4. The van der Waals surface area contributed by atoms with E-state index in [0.717, 1.165) is 23.1 Å². The molecule has 3 rings (SSSR count). The second-order valence-corrected chi connectivity index (χ2v) is 5.77. The van der Waals surface area contributed by atoms with Crippen molar-refractivity contribution in [2.24, 2.45) is 0 Å². The topological polar surface area (TPSA) is 68.5 Å². The number of anilines is 1. The summed E-state index contributed by atoms with van der Waals surface area (Å²) >= 11 is 0. The SMILES string of the molecule is Cc1cc(=O)oc2c(C)c(OCC(=O)Nc3ccc(F)cc3F)ccc12. The molecule has 7 heteroatoms. The molecule has 5 nitrogen and oxygen atoms in total. The van der Waals surface area contributed by atoms with Gasteiger partial charge in [0.15, 0.2) is 6.61 Å². The van der Waals surface area contributed by atoms with Gasteiger partial charge >= 0.3 is 5.63 Å². The number of nitrogens with one attached hydrogen (secondary N) is 1. The molecule has 0 saturated carbocycles. The first kappa shape index (κ1) is 17.6. The Bertz CT molecular complexity index is 1060. The highest BCUT2D eigenvalue weighted by Gasteiger charge is 2.13. The Morgan fingerprint density at radius 1 is 1.15 bits per heavy atom. The summed E-state index contributed by atoms with van der Waals surface area (Å²) in [5.41, 5.74) is 1.12. The summed E-state index contributed by atoms with van der Waals surface area (Å²) in [5, 5.41) is 3.07. The van der Waals surface area contributed by atoms with Crippen molar-refractivity contribution in [1.82, 2.24) is 0 Å². The summed E-state index contributed by atoms with van der Waals surface area (Å²) in [6, 6.07) is 7.63. The lowest BCUT2D eigenvalue weighted by molar-refractivity contribution is -0.118. The van der Waals surface area contributed by atoms with E-state index in [1.54, 1.807) is 26.0 Å². The van der Waals surface area contributed by atoms with Crippen LogP contribution in [-0.2, 0) is 4.79 Å². The number of fused-ring (bicyclic) bond motifs is 1. The molecule has 1 aromatic heterocycles. The first-order chi connectivity index (χ1) is 12.3. The van der Waals surface area contributed by atoms with Crippen molar-refractivity contribution in [3.63, 3.8) is 0 Å². The van der Waals surface area contributed by atoms with Gasteiger partial charge < -0.3 is 14.5 Å². The van der Waals surface area contributed by atoms with Crippen molar-refractivity contribution < 1.29 is 22.7 Å². The van der Waals surface area contributed by atoms with Crippen LogP contribution in [0.3, 0.4) is 0 Å². The quantitative estimate of drug-likeness (QED) is 0.721.